The summed E-state index contributed by atoms with van der Waals surface area (Å²) in [5.41, 5.74) is -2.74. The van der Waals surface area contributed by atoms with Gasteiger partial charge < -0.3 is 15.2 Å². The summed E-state index contributed by atoms with van der Waals surface area (Å²) in [7, 11) is 0. The minimum atomic E-state index is -4.65. The van der Waals surface area contributed by atoms with E-state index in [9.17, 15) is 27.9 Å². The summed E-state index contributed by atoms with van der Waals surface area (Å²) < 4.78 is 44.0. The number of anilines is 1. The van der Waals surface area contributed by atoms with Crippen molar-refractivity contribution in [1.82, 2.24) is 0 Å². The van der Waals surface area contributed by atoms with Gasteiger partial charge in [-0.05, 0) is 68.6 Å². The first kappa shape index (κ1) is 20.5. The molecule has 0 spiro atoms. The molecule has 4 fully saturated rings. The van der Waals surface area contributed by atoms with E-state index in [-0.39, 0.29) is 17.5 Å². The number of esters is 1. The lowest BCUT2D eigenvalue weighted by molar-refractivity contribution is -0.196. The SMILES string of the molecule is O=C(COC(=O)C12CC3CC(CC(O)(C3)C1)C2)Nc1ccc(Cl)c(C(F)(F)F)c1. The maximum atomic E-state index is 12.9. The van der Waals surface area contributed by atoms with E-state index in [2.05, 4.69) is 5.32 Å². The molecule has 5 rings (SSSR count). The van der Waals surface area contributed by atoms with Crippen molar-refractivity contribution in [2.45, 2.75) is 50.3 Å². The van der Waals surface area contributed by atoms with Gasteiger partial charge in [0, 0.05) is 5.69 Å². The number of amides is 1. The number of carbonyl (C=O) groups excluding carboxylic acids is 2. The molecule has 4 bridgehead atoms. The molecule has 1 amide bonds. The van der Waals surface area contributed by atoms with E-state index in [1.54, 1.807) is 0 Å². The summed E-state index contributed by atoms with van der Waals surface area (Å²) in [6.45, 7) is -0.599. The lowest BCUT2D eigenvalue weighted by Gasteiger charge is -2.58. The summed E-state index contributed by atoms with van der Waals surface area (Å²) >= 11 is 5.56. The molecule has 0 saturated heterocycles. The number of benzene rings is 1. The Bertz CT molecular complexity index is 843. The molecule has 9 heteroatoms. The fourth-order valence-corrected chi connectivity index (χ4v) is 5.98. The fraction of sp³-hybridized carbons (Fsp3) is 0.600. The van der Waals surface area contributed by atoms with Crippen LogP contribution in [0.5, 0.6) is 0 Å². The van der Waals surface area contributed by atoms with Gasteiger partial charge in [-0.3, -0.25) is 9.59 Å². The Morgan fingerprint density at radius 3 is 2.45 bits per heavy atom. The second-order valence-corrected chi connectivity index (χ2v) is 9.19. The van der Waals surface area contributed by atoms with E-state index < -0.39 is 46.3 Å². The Labute approximate surface area is 170 Å². The Morgan fingerprint density at radius 2 is 1.86 bits per heavy atom. The third kappa shape index (κ3) is 3.97. The average molecular weight is 432 g/mol. The lowest BCUT2D eigenvalue weighted by Crippen LogP contribution is -2.58. The molecule has 2 N–H and O–H groups in total. The molecule has 2 atom stereocenters. The maximum Gasteiger partial charge on any atom is 0.417 e. The van der Waals surface area contributed by atoms with Gasteiger partial charge >= 0.3 is 12.1 Å². The molecule has 4 saturated carbocycles. The van der Waals surface area contributed by atoms with Crippen molar-refractivity contribution in [3.05, 3.63) is 28.8 Å². The van der Waals surface area contributed by atoms with Crippen molar-refractivity contribution in [3.63, 3.8) is 0 Å². The van der Waals surface area contributed by atoms with E-state index in [0.29, 0.717) is 32.1 Å². The highest BCUT2D eigenvalue weighted by Crippen LogP contribution is 2.61. The predicted octanol–water partition coefficient (Wildman–Crippen LogP) is 4.17. The Morgan fingerprint density at radius 1 is 1.21 bits per heavy atom. The van der Waals surface area contributed by atoms with E-state index >= 15 is 0 Å². The van der Waals surface area contributed by atoms with E-state index in [0.717, 1.165) is 18.6 Å². The molecule has 1 aromatic carbocycles. The predicted molar refractivity (Wildman–Crippen MR) is 98.1 cm³/mol. The van der Waals surface area contributed by atoms with Crippen LogP contribution in [-0.4, -0.2) is 29.2 Å². The summed E-state index contributed by atoms with van der Waals surface area (Å²) in [6.07, 6.45) is -0.580. The lowest BCUT2D eigenvalue weighted by atomic mass is 9.48. The highest BCUT2D eigenvalue weighted by Gasteiger charge is 2.60. The quantitative estimate of drug-likeness (QED) is 0.701. The molecule has 0 aromatic heterocycles. The minimum Gasteiger partial charge on any atom is -0.455 e. The van der Waals surface area contributed by atoms with Crippen molar-refractivity contribution in [2.24, 2.45) is 17.3 Å². The van der Waals surface area contributed by atoms with Gasteiger partial charge in [-0.1, -0.05) is 11.6 Å². The van der Waals surface area contributed by atoms with Crippen LogP contribution >= 0.6 is 11.6 Å². The number of alkyl halides is 3. The van der Waals surface area contributed by atoms with Gasteiger partial charge in [-0.25, -0.2) is 0 Å². The zero-order chi connectivity index (χ0) is 21.0. The van der Waals surface area contributed by atoms with Gasteiger partial charge in [-0.15, -0.1) is 0 Å². The Balaban J connectivity index is 1.38. The van der Waals surface area contributed by atoms with Gasteiger partial charge in [0.25, 0.3) is 5.91 Å². The number of hydrogen-bond donors (Lipinski definition) is 2. The highest BCUT2D eigenvalue weighted by molar-refractivity contribution is 6.31. The minimum absolute atomic E-state index is 0.0908. The van der Waals surface area contributed by atoms with E-state index in [4.69, 9.17) is 16.3 Å². The fourth-order valence-electron chi connectivity index (χ4n) is 5.75. The molecule has 5 nitrogen and oxygen atoms in total. The topological polar surface area (TPSA) is 75.6 Å². The number of nitrogens with one attached hydrogen (secondary N) is 1. The van der Waals surface area contributed by atoms with E-state index in [1.165, 1.54) is 6.07 Å². The maximum absolute atomic E-state index is 12.9. The molecular weight excluding hydrogens is 411 g/mol. The summed E-state index contributed by atoms with van der Waals surface area (Å²) in [6, 6.07) is 3.02. The molecule has 0 heterocycles. The van der Waals surface area contributed by atoms with Crippen LogP contribution in [0.3, 0.4) is 0 Å². The standard InChI is InChI=1S/C20H21ClF3NO4/c21-15-2-1-13(4-14(15)20(22,23)24)25-16(26)9-29-17(27)18-5-11-3-12(6-18)8-19(28,7-11)10-18/h1-2,4,11-12,28H,3,5-10H2,(H,25,26). The zero-order valence-corrected chi connectivity index (χ0v) is 16.3. The number of rotatable bonds is 4. The summed E-state index contributed by atoms with van der Waals surface area (Å²) in [5, 5.41) is 12.5. The molecule has 0 aliphatic heterocycles. The van der Waals surface area contributed by atoms with Crippen molar-refractivity contribution in [1.29, 1.82) is 0 Å². The number of carbonyl (C=O) groups is 2. The molecule has 29 heavy (non-hydrogen) atoms. The molecular formula is C20H21ClF3NO4. The zero-order valence-electron chi connectivity index (χ0n) is 15.5. The van der Waals surface area contributed by atoms with Gasteiger partial charge in [0.2, 0.25) is 0 Å². The van der Waals surface area contributed by atoms with Crippen molar-refractivity contribution < 1.29 is 32.6 Å². The van der Waals surface area contributed by atoms with Crippen LogP contribution in [0.1, 0.15) is 44.1 Å². The normalized spacial score (nSPS) is 32.9. The molecule has 1 aromatic rings. The van der Waals surface area contributed by atoms with Crippen LogP contribution in [0.15, 0.2) is 18.2 Å². The van der Waals surface area contributed by atoms with Crippen molar-refractivity contribution in [2.75, 3.05) is 11.9 Å². The van der Waals surface area contributed by atoms with Crippen molar-refractivity contribution >= 4 is 29.2 Å². The average Bonchev–Trinajstić information content (AvgIpc) is 2.58. The van der Waals surface area contributed by atoms with Crippen LogP contribution in [-0.2, 0) is 20.5 Å². The highest BCUT2D eigenvalue weighted by atomic mass is 35.5. The molecule has 4 aliphatic carbocycles. The monoisotopic (exact) mass is 431 g/mol. The van der Waals surface area contributed by atoms with Gasteiger partial charge in [0.05, 0.1) is 21.6 Å². The number of ether oxygens (including phenoxy) is 1. The third-order valence-corrected chi connectivity index (χ3v) is 6.68. The third-order valence-electron chi connectivity index (χ3n) is 6.35. The van der Waals surface area contributed by atoms with Crippen LogP contribution in [0, 0.1) is 17.3 Å². The molecule has 0 radical (unpaired) electrons. The first-order chi connectivity index (χ1) is 13.5. The second-order valence-electron chi connectivity index (χ2n) is 8.78. The molecule has 158 valence electrons. The first-order valence-corrected chi connectivity index (χ1v) is 9.92. The number of hydrogen-bond acceptors (Lipinski definition) is 4. The van der Waals surface area contributed by atoms with Gasteiger partial charge in [0.15, 0.2) is 6.61 Å². The largest absolute Gasteiger partial charge is 0.455 e. The molecule has 2 unspecified atom stereocenters. The van der Waals surface area contributed by atoms with Crippen LogP contribution in [0.4, 0.5) is 18.9 Å². The number of halogens is 4. The van der Waals surface area contributed by atoms with Crippen LogP contribution in [0.2, 0.25) is 5.02 Å². The number of aliphatic hydroxyl groups is 1. The van der Waals surface area contributed by atoms with Crippen LogP contribution in [0.25, 0.3) is 0 Å². The van der Waals surface area contributed by atoms with Gasteiger partial charge in [-0.2, -0.15) is 13.2 Å². The van der Waals surface area contributed by atoms with Crippen molar-refractivity contribution in [3.8, 4) is 0 Å². The smallest absolute Gasteiger partial charge is 0.417 e. The Kier molecular flexibility index (Phi) is 4.85. The van der Waals surface area contributed by atoms with Crippen LogP contribution < -0.4 is 5.32 Å². The molecule has 4 aliphatic rings. The summed E-state index contributed by atoms with van der Waals surface area (Å²) in [4.78, 5) is 24.8. The van der Waals surface area contributed by atoms with Gasteiger partial charge in [0.1, 0.15) is 0 Å². The van der Waals surface area contributed by atoms with E-state index in [1.807, 2.05) is 0 Å². The Hall–Kier alpha value is -1.80. The summed E-state index contributed by atoms with van der Waals surface area (Å²) in [5.74, 6) is -0.667. The second kappa shape index (κ2) is 6.87. The first-order valence-electron chi connectivity index (χ1n) is 9.54.